The van der Waals surface area contributed by atoms with Crippen molar-refractivity contribution in [2.75, 3.05) is 13.7 Å². The Morgan fingerprint density at radius 2 is 1.82 bits per heavy atom. The van der Waals surface area contributed by atoms with Crippen molar-refractivity contribution in [3.05, 3.63) is 12.2 Å². The fourth-order valence-corrected chi connectivity index (χ4v) is 0.484. The first kappa shape index (κ1) is 13.2. The molecule has 0 aromatic heterocycles. The Kier molecular flexibility index (Phi) is 9.18. The van der Waals surface area contributed by atoms with E-state index in [2.05, 4.69) is 4.74 Å². The van der Waals surface area contributed by atoms with Gasteiger partial charge in [-0.25, -0.2) is 0 Å². The van der Waals surface area contributed by atoms with Crippen molar-refractivity contribution in [2.24, 2.45) is 0 Å². The number of rotatable bonds is 3. The monoisotopic (exact) mass is 166 g/mol. The second-order valence-electron chi connectivity index (χ2n) is 1.69. The van der Waals surface area contributed by atoms with E-state index in [1.807, 2.05) is 13.8 Å². The normalized spacial score (nSPS) is 11.1. The second kappa shape index (κ2) is 7.66. The molecule has 0 N–H and O–H groups in total. The molecule has 0 unspecified atom stereocenters. The van der Waals surface area contributed by atoms with Crippen LogP contribution in [0.25, 0.3) is 0 Å². The van der Waals surface area contributed by atoms with Gasteiger partial charge in [-0.2, -0.15) is 8.78 Å². The van der Waals surface area contributed by atoms with E-state index in [0.717, 1.165) is 6.08 Å². The van der Waals surface area contributed by atoms with Crippen molar-refractivity contribution >= 4 is 0 Å². The van der Waals surface area contributed by atoms with Crippen LogP contribution in [0.2, 0.25) is 0 Å². The molecule has 0 rings (SSSR count). The summed E-state index contributed by atoms with van der Waals surface area (Å²) in [7, 11) is 1.25. The van der Waals surface area contributed by atoms with Crippen LogP contribution < -0.4 is 0 Å². The van der Waals surface area contributed by atoms with E-state index in [4.69, 9.17) is 0 Å². The molecule has 0 fully saturated rings. The molecule has 0 bridgehead atoms. The minimum atomic E-state index is -2.80. The molecule has 1 nitrogen and oxygen atoms in total. The van der Waals surface area contributed by atoms with Gasteiger partial charge in [0.2, 0.25) is 0 Å². The van der Waals surface area contributed by atoms with Gasteiger partial charge in [-0.05, 0) is 13.0 Å². The first-order chi connectivity index (χ1) is 5.12. The van der Waals surface area contributed by atoms with Crippen molar-refractivity contribution in [3.63, 3.8) is 0 Å². The standard InChI is InChI=1S/C6H10F2O.C2H6/c1-3-4-6(7,8)5-9-2;1-2/h3-4H,5H2,1-2H3;1-2H3/b4-3+;. The van der Waals surface area contributed by atoms with E-state index in [1.165, 1.54) is 13.2 Å². The Morgan fingerprint density at radius 3 is 2.09 bits per heavy atom. The molecule has 0 aliphatic carbocycles. The molecule has 0 spiro atoms. The lowest BCUT2D eigenvalue weighted by atomic mass is 10.3. The number of hydrogen-bond donors (Lipinski definition) is 0. The third-order valence-corrected chi connectivity index (χ3v) is 0.747. The SMILES string of the molecule is C/C=C/C(F)(F)COC.CC. The van der Waals surface area contributed by atoms with Crippen molar-refractivity contribution in [1.82, 2.24) is 0 Å². The van der Waals surface area contributed by atoms with Gasteiger partial charge in [0.15, 0.2) is 0 Å². The molecule has 0 amide bonds. The topological polar surface area (TPSA) is 9.23 Å². The van der Waals surface area contributed by atoms with E-state index < -0.39 is 12.5 Å². The molecule has 68 valence electrons. The van der Waals surface area contributed by atoms with E-state index >= 15 is 0 Å². The highest BCUT2D eigenvalue weighted by molar-refractivity contribution is 4.92. The number of methoxy groups -OCH3 is 1. The van der Waals surface area contributed by atoms with Crippen molar-refractivity contribution in [3.8, 4) is 0 Å². The maximum atomic E-state index is 12.2. The Balaban J connectivity index is 0. The van der Waals surface area contributed by atoms with E-state index in [1.54, 1.807) is 6.92 Å². The Bertz CT molecular complexity index is 100. The van der Waals surface area contributed by atoms with Gasteiger partial charge < -0.3 is 4.74 Å². The van der Waals surface area contributed by atoms with Crippen LogP contribution >= 0.6 is 0 Å². The van der Waals surface area contributed by atoms with Gasteiger partial charge in [-0.1, -0.05) is 19.9 Å². The average molecular weight is 166 g/mol. The number of allylic oxidation sites excluding steroid dienone is 1. The summed E-state index contributed by atoms with van der Waals surface area (Å²) < 4.78 is 28.7. The van der Waals surface area contributed by atoms with Crippen LogP contribution in [-0.4, -0.2) is 19.6 Å². The largest absolute Gasteiger partial charge is 0.378 e. The van der Waals surface area contributed by atoms with Crippen LogP contribution in [0.4, 0.5) is 8.78 Å². The fraction of sp³-hybridized carbons (Fsp3) is 0.750. The summed E-state index contributed by atoms with van der Waals surface area (Å²) in [6, 6.07) is 0. The summed E-state index contributed by atoms with van der Waals surface area (Å²) in [6.07, 6.45) is 2.12. The Labute approximate surface area is 67.1 Å². The van der Waals surface area contributed by atoms with E-state index in [0.29, 0.717) is 0 Å². The molecule has 0 radical (unpaired) electrons. The smallest absolute Gasteiger partial charge is 0.289 e. The van der Waals surface area contributed by atoms with Crippen LogP contribution in [0, 0.1) is 0 Å². The minimum Gasteiger partial charge on any atom is -0.378 e. The highest BCUT2D eigenvalue weighted by atomic mass is 19.3. The van der Waals surface area contributed by atoms with Gasteiger partial charge in [0, 0.05) is 7.11 Å². The molecule has 0 aromatic rings. The highest BCUT2D eigenvalue weighted by Gasteiger charge is 2.23. The van der Waals surface area contributed by atoms with Gasteiger partial charge >= 0.3 is 0 Å². The van der Waals surface area contributed by atoms with Crippen molar-refractivity contribution in [1.29, 1.82) is 0 Å². The third-order valence-electron chi connectivity index (χ3n) is 0.747. The van der Waals surface area contributed by atoms with Gasteiger partial charge in [0.25, 0.3) is 5.92 Å². The van der Waals surface area contributed by atoms with Crippen LogP contribution in [-0.2, 0) is 4.74 Å². The molecular weight excluding hydrogens is 150 g/mol. The van der Waals surface area contributed by atoms with Gasteiger partial charge in [0.05, 0.1) is 0 Å². The molecule has 0 heterocycles. The number of alkyl halides is 2. The Morgan fingerprint density at radius 1 is 1.36 bits per heavy atom. The highest BCUT2D eigenvalue weighted by Crippen LogP contribution is 2.14. The molecule has 0 aliphatic heterocycles. The average Bonchev–Trinajstić information content (AvgIpc) is 1.91. The predicted molar refractivity (Wildman–Crippen MR) is 43.0 cm³/mol. The number of ether oxygens (including phenoxy) is 1. The summed E-state index contributed by atoms with van der Waals surface area (Å²) in [5.41, 5.74) is 0. The predicted octanol–water partition coefficient (Wildman–Crippen LogP) is 2.87. The lowest BCUT2D eigenvalue weighted by Gasteiger charge is -2.08. The quantitative estimate of drug-likeness (QED) is 0.586. The summed E-state index contributed by atoms with van der Waals surface area (Å²) in [6.45, 7) is 5.00. The molecule has 0 aromatic carbocycles. The van der Waals surface area contributed by atoms with Crippen LogP contribution in [0.15, 0.2) is 12.2 Å². The molecule has 11 heavy (non-hydrogen) atoms. The molecular formula is C8H16F2O. The fourth-order valence-electron chi connectivity index (χ4n) is 0.484. The summed E-state index contributed by atoms with van der Waals surface area (Å²) in [5, 5.41) is 0. The maximum Gasteiger partial charge on any atom is 0.289 e. The van der Waals surface area contributed by atoms with Gasteiger partial charge in [-0.15, -0.1) is 0 Å². The first-order valence-electron chi connectivity index (χ1n) is 3.63. The van der Waals surface area contributed by atoms with Crippen molar-refractivity contribution in [2.45, 2.75) is 26.7 Å². The lowest BCUT2D eigenvalue weighted by Crippen LogP contribution is -2.19. The summed E-state index contributed by atoms with van der Waals surface area (Å²) in [5.74, 6) is -2.80. The zero-order chi connectivity index (χ0) is 9.33. The minimum absolute atomic E-state index is 0.544. The van der Waals surface area contributed by atoms with Crippen LogP contribution in [0.3, 0.4) is 0 Å². The van der Waals surface area contributed by atoms with Crippen LogP contribution in [0.5, 0.6) is 0 Å². The number of hydrogen-bond acceptors (Lipinski definition) is 1. The van der Waals surface area contributed by atoms with Gasteiger partial charge in [-0.3, -0.25) is 0 Å². The zero-order valence-electron chi connectivity index (χ0n) is 7.53. The zero-order valence-corrected chi connectivity index (χ0v) is 7.53. The summed E-state index contributed by atoms with van der Waals surface area (Å²) in [4.78, 5) is 0. The van der Waals surface area contributed by atoms with Gasteiger partial charge in [0.1, 0.15) is 6.61 Å². The number of halogens is 2. The lowest BCUT2D eigenvalue weighted by molar-refractivity contribution is -0.0232. The molecule has 3 heteroatoms. The summed E-state index contributed by atoms with van der Waals surface area (Å²) >= 11 is 0. The molecule has 0 atom stereocenters. The second-order valence-corrected chi connectivity index (χ2v) is 1.69. The Hall–Kier alpha value is -0.440. The molecule has 0 aliphatic rings. The van der Waals surface area contributed by atoms with E-state index in [-0.39, 0.29) is 0 Å². The molecule has 0 saturated heterocycles. The molecule has 0 saturated carbocycles. The van der Waals surface area contributed by atoms with Crippen molar-refractivity contribution < 1.29 is 13.5 Å². The first-order valence-corrected chi connectivity index (χ1v) is 3.63. The third kappa shape index (κ3) is 9.56. The van der Waals surface area contributed by atoms with E-state index in [9.17, 15) is 8.78 Å². The van der Waals surface area contributed by atoms with Crippen LogP contribution in [0.1, 0.15) is 20.8 Å². The maximum absolute atomic E-state index is 12.2.